The Balaban J connectivity index is 0. The van der Waals surface area contributed by atoms with Crippen LogP contribution >= 0.6 is 69.3 Å². The van der Waals surface area contributed by atoms with E-state index in [1.54, 1.807) is 0 Å². The van der Waals surface area contributed by atoms with Crippen LogP contribution in [-0.2, 0) is 0 Å². The Labute approximate surface area is 208 Å². The molecule has 34 heavy (non-hydrogen) atoms. The van der Waals surface area contributed by atoms with Crippen LogP contribution in [0.1, 0.15) is 7.43 Å². The molecule has 0 saturated carbocycles. The first kappa shape index (κ1) is 35.9. The third-order valence-corrected chi connectivity index (χ3v) is 5.46. The van der Waals surface area contributed by atoms with Crippen molar-refractivity contribution < 1.29 is 65.2 Å². The molecule has 0 fully saturated rings. The highest BCUT2D eigenvalue weighted by Gasteiger charge is 2.70. The Morgan fingerprint density at radius 3 is 1.12 bits per heavy atom. The molecule has 0 bridgehead atoms. The monoisotopic (exact) mass is 820 g/mol. The minimum absolute atomic E-state index is 0. The fourth-order valence-corrected chi connectivity index (χ4v) is 3.73. The number of rotatable bonds is 2. The Morgan fingerprint density at radius 2 is 0.824 bits per heavy atom. The van der Waals surface area contributed by atoms with E-state index in [-0.39, 0.29) is 7.43 Å². The second kappa shape index (κ2) is 9.26. The van der Waals surface area contributed by atoms with Crippen molar-refractivity contribution in [3.63, 3.8) is 0 Å². The average molecular weight is 821 g/mol. The molecule has 0 N–H and O–H groups in total. The molecule has 2 aromatic rings. The molecule has 0 nitrogen and oxygen atoms in total. The Bertz CT molecular complexity index is 1050. The van der Waals surface area contributed by atoms with E-state index in [0.717, 1.165) is 0 Å². The molecule has 0 heterocycles. The molecule has 0 aliphatic carbocycles. The number of hydrogen-bond donors (Lipinski definition) is 0. The minimum Gasteiger partial charge on any atom is -0.207 e. The first-order chi connectivity index (χ1) is 14.0. The molecule has 2 aromatic carbocycles. The van der Waals surface area contributed by atoms with Gasteiger partial charge in [-0.25, -0.2) is 26.3 Å². The number of hydrogen-bond acceptors (Lipinski definition) is 0. The maximum Gasteiger partial charge on any atom is 0.315 e. The number of benzene rings is 2. The van der Waals surface area contributed by atoms with Crippen LogP contribution in [0.3, 0.4) is 0 Å². The van der Waals surface area contributed by atoms with E-state index in [9.17, 15) is 65.2 Å². The van der Waals surface area contributed by atoms with Gasteiger partial charge >= 0.3 is 20.4 Å². The van der Waals surface area contributed by atoms with Gasteiger partial charge in [-0.05, 0) is 0 Å². The third-order valence-electron chi connectivity index (χ3n) is 2.81. The van der Waals surface area contributed by atoms with Gasteiger partial charge in [-0.2, -0.15) is 0 Å². The second-order valence-corrected chi connectivity index (χ2v) is 10.5. The van der Waals surface area contributed by atoms with Crippen molar-refractivity contribution in [3.8, 4) is 0 Å². The zero-order valence-corrected chi connectivity index (χ0v) is 20.9. The van der Waals surface area contributed by atoms with E-state index in [1.807, 2.05) is 0 Å². The van der Waals surface area contributed by atoms with Crippen molar-refractivity contribution in [1.29, 1.82) is 0 Å². The van der Waals surface area contributed by atoms with Gasteiger partial charge in [-0.15, -0.1) is 0 Å². The predicted octanol–water partition coefficient (Wildman–Crippen LogP) is 12.6. The summed E-state index contributed by atoms with van der Waals surface area (Å²) in [7, 11) is -21.1. The van der Waals surface area contributed by atoms with Crippen molar-refractivity contribution in [2.24, 2.45) is 0 Å². The summed E-state index contributed by atoms with van der Waals surface area (Å²) >= 11 is 8.89. The summed E-state index contributed by atoms with van der Waals surface area (Å²) in [5, 5.41) is -1.84. The summed E-state index contributed by atoms with van der Waals surface area (Å²) in [6.45, 7) is 0. The summed E-state index contributed by atoms with van der Waals surface area (Å²) in [6, 6.07) is -1.48. The predicted molar refractivity (Wildman–Crippen MR) is 115 cm³/mol. The van der Waals surface area contributed by atoms with E-state index in [4.69, 9.17) is 0 Å². The normalized spacial score (nSPS) is 15.6. The van der Waals surface area contributed by atoms with Crippen LogP contribution in [-0.4, -0.2) is 0 Å². The highest BCUT2D eigenvalue weighted by atomic mass is 128. The summed E-state index contributed by atoms with van der Waals surface area (Å²) < 4.78 is 195. The standard InChI is InChI=1S/C6HClF8S.C6H2F8S.CH4.I2/c7-4-2(8)1-3(9)6(5(4)10)16(11,12,13,14)15;7-3-1-4(8)6(5(9)2-3)15(10,11,12,13)14;;1-2/h1H;1-2H;1H4;. The van der Waals surface area contributed by atoms with Crippen LogP contribution < -0.4 is 0 Å². The molecule has 0 aliphatic heterocycles. The van der Waals surface area contributed by atoms with Gasteiger partial charge in [-0.3, -0.25) is 0 Å². The number of halogens is 19. The van der Waals surface area contributed by atoms with Crippen LogP contribution in [0.25, 0.3) is 0 Å². The van der Waals surface area contributed by atoms with Gasteiger partial charge in [0.1, 0.15) is 16.7 Å². The highest BCUT2D eigenvalue weighted by Crippen LogP contribution is 3.03. The largest absolute Gasteiger partial charge is 0.315 e. The molecule has 0 amide bonds. The summed E-state index contributed by atoms with van der Waals surface area (Å²) in [5.41, 5.74) is 0. The van der Waals surface area contributed by atoms with E-state index < -0.39 is 88.4 Å². The highest BCUT2D eigenvalue weighted by molar-refractivity contribution is 15.0. The Morgan fingerprint density at radius 1 is 0.529 bits per heavy atom. The lowest BCUT2D eigenvalue weighted by atomic mass is 10.3. The van der Waals surface area contributed by atoms with Crippen molar-refractivity contribution in [3.05, 3.63) is 58.1 Å². The van der Waals surface area contributed by atoms with Gasteiger partial charge in [0.2, 0.25) is 0 Å². The fraction of sp³-hybridized carbons (Fsp3) is 0.0769. The van der Waals surface area contributed by atoms with E-state index >= 15 is 0 Å². The van der Waals surface area contributed by atoms with Crippen molar-refractivity contribution >= 4 is 69.3 Å². The first-order valence-electron chi connectivity index (χ1n) is 6.65. The average Bonchev–Trinajstić information content (AvgIpc) is 2.48. The second-order valence-electron chi connectivity index (χ2n) is 5.43. The topological polar surface area (TPSA) is 0 Å². The van der Waals surface area contributed by atoms with Gasteiger partial charge in [-0.1, -0.05) is 57.9 Å². The molecule has 0 aliphatic rings. The van der Waals surface area contributed by atoms with E-state index in [2.05, 4.69) is 48.8 Å². The quantitative estimate of drug-likeness (QED) is 0.123. The SMILES string of the molecule is C.Fc1cc(F)c(S(F)(F)(F)(F)F)c(F)c1.Fc1cc(F)c(S(F)(F)(F)(F)F)c(F)c1Cl.II. The molecule has 0 unspecified atom stereocenters. The Hall–Kier alpha value is -0.230. The smallest absolute Gasteiger partial charge is 0.207 e. The lowest BCUT2D eigenvalue weighted by Crippen LogP contribution is -2.12. The molecule has 21 heteroatoms. The maximum atomic E-state index is 12.7. The molecular weight excluding hydrogens is 814 g/mol. The zero-order chi connectivity index (χ0) is 27.1. The van der Waals surface area contributed by atoms with Gasteiger partial charge in [0, 0.05) is 55.4 Å². The minimum atomic E-state index is -10.6. The van der Waals surface area contributed by atoms with Crippen molar-refractivity contribution in [2.75, 3.05) is 0 Å². The molecule has 2 rings (SSSR count). The fourth-order valence-electron chi connectivity index (χ4n) is 1.80. The Kier molecular flexibility index (Phi) is 9.78. The van der Waals surface area contributed by atoms with Crippen molar-refractivity contribution in [1.82, 2.24) is 0 Å². The van der Waals surface area contributed by atoms with Crippen LogP contribution in [0.15, 0.2) is 28.0 Å². The molecule has 204 valence electrons. The lowest BCUT2D eigenvalue weighted by Gasteiger charge is -2.40. The van der Waals surface area contributed by atoms with Gasteiger partial charge in [0.15, 0.2) is 33.1 Å². The van der Waals surface area contributed by atoms with E-state index in [1.165, 1.54) is 0 Å². The summed E-state index contributed by atoms with van der Waals surface area (Å²) in [6.07, 6.45) is 0. The summed E-state index contributed by atoms with van der Waals surface area (Å²) in [4.78, 5) is -6.76. The van der Waals surface area contributed by atoms with Gasteiger partial charge in [0.05, 0.1) is 0 Å². The maximum absolute atomic E-state index is 12.7. The van der Waals surface area contributed by atoms with Crippen molar-refractivity contribution in [2.45, 2.75) is 17.2 Å². The van der Waals surface area contributed by atoms with Crippen LogP contribution in [0.5, 0.6) is 0 Å². The van der Waals surface area contributed by atoms with Crippen LogP contribution in [0.4, 0.5) is 65.2 Å². The summed E-state index contributed by atoms with van der Waals surface area (Å²) in [5.74, 6) is -14.6. The molecule has 0 radical (unpaired) electrons. The van der Waals surface area contributed by atoms with Gasteiger partial charge < -0.3 is 0 Å². The molecule has 0 saturated heterocycles. The third kappa shape index (κ3) is 9.67. The zero-order valence-electron chi connectivity index (χ0n) is 14.2. The van der Waals surface area contributed by atoms with E-state index in [0.29, 0.717) is 0 Å². The molecule has 0 atom stereocenters. The van der Waals surface area contributed by atoms with Crippen LogP contribution in [0, 0.1) is 34.9 Å². The molecular formula is C13H7ClF16I2S2. The lowest BCUT2D eigenvalue weighted by molar-refractivity contribution is 0.339. The molecule has 0 aromatic heterocycles. The molecule has 0 spiro atoms. The van der Waals surface area contributed by atoms with Gasteiger partial charge in [0.25, 0.3) is 0 Å². The van der Waals surface area contributed by atoms with Crippen LogP contribution in [0.2, 0.25) is 5.02 Å². The first-order valence-corrected chi connectivity index (χ1v) is 17.2.